The number of ether oxygens (including phenoxy) is 4. The van der Waals surface area contributed by atoms with E-state index in [1.807, 2.05) is 102 Å². The molecule has 0 bridgehead atoms. The topological polar surface area (TPSA) is 405 Å². The Morgan fingerprint density at radius 2 is 0.896 bits per heavy atom. The van der Waals surface area contributed by atoms with Crippen LogP contribution in [0.25, 0.3) is 0 Å². The first-order valence-electron chi connectivity index (χ1n) is 35.0. The van der Waals surface area contributed by atoms with E-state index in [2.05, 4.69) is 51.0 Å². The Hall–Kier alpha value is -6.65. The van der Waals surface area contributed by atoms with Crippen molar-refractivity contribution in [2.75, 3.05) is 58.1 Å². The first-order valence-corrected chi connectivity index (χ1v) is 41.3. The van der Waals surface area contributed by atoms with Crippen LogP contribution in [0.3, 0.4) is 0 Å². The van der Waals surface area contributed by atoms with E-state index in [0.29, 0.717) is 66.4 Å². The molecule has 3 atom stereocenters. The second kappa shape index (κ2) is 50.9. The average molecular weight is 1590 g/mol. The van der Waals surface area contributed by atoms with E-state index >= 15 is 0 Å². The minimum Gasteiger partial charge on any atom is -0.508 e. The Bertz CT molecular complexity index is 3690. The Balaban J connectivity index is -0.000000564. The van der Waals surface area contributed by atoms with Gasteiger partial charge in [0.15, 0.2) is 0 Å². The first kappa shape index (κ1) is 106. The second-order valence-electron chi connectivity index (χ2n) is 27.2. The van der Waals surface area contributed by atoms with Crippen LogP contribution in [0.1, 0.15) is 228 Å². The monoisotopic (exact) mass is 1590 g/mol. The number of para-hydroxylation sites is 1. The van der Waals surface area contributed by atoms with Crippen LogP contribution in [-0.4, -0.2) is 146 Å². The third kappa shape index (κ3) is 47.2. The van der Waals surface area contributed by atoms with Gasteiger partial charge in [-0.3, -0.25) is 23.7 Å². The molecule has 10 N–H and O–H groups in total. The second-order valence-corrected chi connectivity index (χ2v) is 34.0. The fourth-order valence-corrected chi connectivity index (χ4v) is 8.90. The standard InChI is InChI=1S/4C10H14O.C9H16F3NO4S.C9H19NO4S.C8H17NO5S.C8H17NO4S/c1-4-9-6-7(2)5-8(3)10(9)11;1-3-8(2)9-4-6-10(11)7-5-9;1-3-8(2)9-5-4-6-10(11)7-9;1-3-8(2)9-6-4-5-7-10(9)11;1-4-8(2,3)7(14)17-6-5-13-18(15,16)9(10,11)12;1-5-9(2,3)8(11)14-6-7-15(12,13)10-4;1-4-8(2,3)7(10)14-6-5-9-15(11,12)13;1-4-8(2,3)7(10)13-5-6-14(9,11)12/h5-6,11H,4H2,1-3H3;3*4-8,11H,3H2,1-2H3;13H,4-6H2,1-3H3;10H,5-7H2,1-4H3;9H,4-6H2,1-3H3,(H,11,12,13);4-6H2,1-3H3,(H2,9,11,12). The quantitative estimate of drug-likeness (QED) is 0.0101. The van der Waals surface area contributed by atoms with Gasteiger partial charge < -0.3 is 39.4 Å². The van der Waals surface area contributed by atoms with Gasteiger partial charge in [-0.2, -0.15) is 26.3 Å². The summed E-state index contributed by atoms with van der Waals surface area (Å²) in [5, 5.41) is 41.8. The zero-order chi connectivity index (χ0) is 83.5. The van der Waals surface area contributed by atoms with Gasteiger partial charge in [0.1, 0.15) is 49.4 Å². The van der Waals surface area contributed by atoms with E-state index in [9.17, 15) is 76.2 Å². The summed E-state index contributed by atoms with van der Waals surface area (Å²) < 4.78 is 153. The van der Waals surface area contributed by atoms with Crippen molar-refractivity contribution >= 4 is 64.3 Å². The Morgan fingerprint density at radius 3 is 1.25 bits per heavy atom. The lowest BCUT2D eigenvalue weighted by Gasteiger charge is -2.20. The molecule has 0 saturated carbocycles. The van der Waals surface area contributed by atoms with E-state index in [0.717, 1.165) is 42.4 Å². The number of carbonyl (C=O) groups is 4. The van der Waals surface area contributed by atoms with E-state index in [1.54, 1.807) is 91.3 Å². The number of rotatable bonds is 30. The van der Waals surface area contributed by atoms with Gasteiger partial charge >= 0.3 is 49.7 Å². The van der Waals surface area contributed by atoms with Gasteiger partial charge in [0.25, 0.3) is 0 Å². The molecule has 25 nitrogen and oxygen atoms in total. The Morgan fingerprint density at radius 1 is 0.500 bits per heavy atom. The Labute approximate surface area is 631 Å². The lowest BCUT2D eigenvalue weighted by Crippen LogP contribution is -2.39. The fraction of sp³-hybridized carbons (Fsp3) is 0.622. The van der Waals surface area contributed by atoms with Crippen LogP contribution in [0.4, 0.5) is 13.2 Å². The number of nitrogens with two attached hydrogens (primary N) is 1. The molecule has 3 unspecified atom stereocenters. The highest BCUT2D eigenvalue weighted by atomic mass is 32.2. The molecule has 4 rings (SSSR count). The van der Waals surface area contributed by atoms with Crippen molar-refractivity contribution in [2.45, 2.75) is 220 Å². The molecule has 0 spiro atoms. The van der Waals surface area contributed by atoms with Crippen molar-refractivity contribution < 1.29 is 110 Å². The third-order valence-corrected chi connectivity index (χ3v) is 20.7. The smallest absolute Gasteiger partial charge is 0.508 e. The summed E-state index contributed by atoms with van der Waals surface area (Å²) in [6, 6.07) is 26.4. The van der Waals surface area contributed by atoms with Crippen molar-refractivity contribution in [2.24, 2.45) is 26.8 Å². The molecule has 0 heterocycles. The van der Waals surface area contributed by atoms with Crippen LogP contribution < -0.4 is 19.3 Å². The lowest BCUT2D eigenvalue weighted by molar-refractivity contribution is -0.154. The number of hydrogen-bond donors (Lipinski definition) is 9. The number of nitrogens with one attached hydrogen (secondary N) is 3. The van der Waals surface area contributed by atoms with Gasteiger partial charge in [0.2, 0.25) is 20.0 Å². The molecule has 0 aliphatic carbocycles. The number of aromatic hydroxyl groups is 4. The number of alkyl halides is 3. The number of halogens is 3. The largest absolute Gasteiger partial charge is 0.511 e. The maximum Gasteiger partial charge on any atom is 0.511 e. The molecule has 4 aromatic carbocycles. The predicted octanol–water partition coefficient (Wildman–Crippen LogP) is 13.8. The van der Waals surface area contributed by atoms with Crippen molar-refractivity contribution in [1.29, 1.82) is 0 Å². The number of esters is 4. The maximum atomic E-state index is 11.9. The van der Waals surface area contributed by atoms with Gasteiger partial charge in [-0.25, -0.2) is 39.8 Å². The fourth-order valence-electron chi connectivity index (χ4n) is 7.22. The van der Waals surface area contributed by atoms with E-state index < -0.39 is 92.6 Å². The molecular formula is C74H125F3N4O21S4. The minimum absolute atomic E-state index is 0.0952. The summed E-state index contributed by atoms with van der Waals surface area (Å²) in [4.78, 5) is 45.5. The predicted molar refractivity (Wildman–Crippen MR) is 411 cm³/mol. The van der Waals surface area contributed by atoms with Crippen molar-refractivity contribution in [1.82, 2.24) is 14.2 Å². The molecule has 612 valence electrons. The molecule has 0 radical (unpaired) electrons. The van der Waals surface area contributed by atoms with Crippen LogP contribution >= 0.6 is 0 Å². The average Bonchev–Trinajstić information content (AvgIpc) is 0.845. The zero-order valence-corrected chi connectivity index (χ0v) is 69.5. The van der Waals surface area contributed by atoms with Crippen molar-refractivity contribution in [3.05, 3.63) is 118 Å². The highest BCUT2D eigenvalue weighted by molar-refractivity contribution is 7.90. The number of benzene rings is 4. The molecule has 0 fully saturated rings. The Kier molecular flexibility index (Phi) is 50.7. The number of aryl methyl sites for hydroxylation is 3. The highest BCUT2D eigenvalue weighted by Crippen LogP contribution is 2.29. The van der Waals surface area contributed by atoms with Crippen LogP contribution in [-0.2, 0) is 84.9 Å². The van der Waals surface area contributed by atoms with Gasteiger partial charge in [0.05, 0.1) is 33.2 Å². The maximum absolute atomic E-state index is 11.9. The zero-order valence-electron chi connectivity index (χ0n) is 66.2. The SMILES string of the molecule is CCC(C)(C)C(=O)OCCNS(=O)(=O)C(F)(F)F.CCC(C)(C)C(=O)OCCNS(=O)(=O)O.CCC(C)(C)C(=O)OCCS(=O)(=O)NC.CCC(C)(C)C(=O)OCCS(N)(=O)=O.CCC(C)c1ccc(O)cc1.CCC(C)c1cccc(O)c1.CCC(C)c1ccccc1O.CCc1cc(C)cc(C)c1O. The van der Waals surface area contributed by atoms with Crippen molar-refractivity contribution in [3.8, 4) is 23.0 Å². The first-order chi connectivity index (χ1) is 48.4. The number of carbonyl (C=O) groups excluding carboxylic acids is 4. The summed E-state index contributed by atoms with van der Waals surface area (Å²) in [6.07, 6.45) is 6.66. The molecule has 4 aromatic rings. The van der Waals surface area contributed by atoms with Gasteiger partial charge in [-0.15, -0.1) is 0 Å². The highest BCUT2D eigenvalue weighted by Gasteiger charge is 2.45. The van der Waals surface area contributed by atoms with Crippen LogP contribution in [0.5, 0.6) is 23.0 Å². The summed E-state index contributed by atoms with van der Waals surface area (Å²) in [7, 11) is -15.1. The molecule has 0 amide bonds. The molecule has 0 saturated heterocycles. The molecule has 0 aromatic heterocycles. The number of phenolic OH excluding ortho intramolecular Hbond substituents is 4. The third-order valence-electron chi connectivity index (χ3n) is 16.9. The number of sulfonamides is 3. The summed E-state index contributed by atoms with van der Waals surface area (Å²) in [5.74, 6) is 0.903. The number of phenols is 4. The lowest BCUT2D eigenvalue weighted by atomic mass is 9.91. The molecular weight excluding hydrogens is 1470 g/mol. The number of primary sulfonamides is 1. The molecule has 32 heteroatoms. The van der Waals surface area contributed by atoms with Gasteiger partial charge in [-0.05, 0) is 204 Å². The summed E-state index contributed by atoms with van der Waals surface area (Å²) in [5.41, 5.74) is -1.00. The van der Waals surface area contributed by atoms with E-state index in [-0.39, 0.29) is 49.8 Å². The van der Waals surface area contributed by atoms with Crippen LogP contribution in [0, 0.1) is 35.5 Å². The minimum atomic E-state index is -5.38. The van der Waals surface area contributed by atoms with Crippen molar-refractivity contribution in [3.63, 3.8) is 0 Å². The normalized spacial score (nSPS) is 12.6. The van der Waals surface area contributed by atoms with Gasteiger partial charge in [0, 0.05) is 13.1 Å². The van der Waals surface area contributed by atoms with Gasteiger partial charge in [-0.1, -0.05) is 136 Å². The summed E-state index contributed by atoms with van der Waals surface area (Å²) >= 11 is 0. The number of hydrogen-bond acceptors (Lipinski definition) is 20. The van der Waals surface area contributed by atoms with Crippen LogP contribution in [0.2, 0.25) is 0 Å². The molecule has 0 aliphatic heterocycles. The molecule has 0 aliphatic rings. The summed E-state index contributed by atoms with van der Waals surface area (Å²) in [6.45, 7) is 38.5. The van der Waals surface area contributed by atoms with E-state index in [4.69, 9.17) is 34.1 Å². The molecule has 106 heavy (non-hydrogen) atoms. The van der Waals surface area contributed by atoms with Crippen LogP contribution in [0.15, 0.2) is 84.9 Å². The van der Waals surface area contributed by atoms with E-state index in [1.165, 1.54) is 28.5 Å².